The number of nitrogens with zero attached hydrogens (tertiary/aromatic N) is 1. The molecule has 0 unspecified atom stereocenters. The third-order valence-electron chi connectivity index (χ3n) is 2.17. The SMILES string of the molecule is Cc1cc(CC(=O)O)c(C#N)cc1CBr. The average molecular weight is 268 g/mol. The first-order chi connectivity index (χ1) is 7.08. The molecule has 15 heavy (non-hydrogen) atoms. The summed E-state index contributed by atoms with van der Waals surface area (Å²) in [6.07, 6.45) is -0.105. The van der Waals surface area contributed by atoms with Crippen LogP contribution < -0.4 is 0 Å². The van der Waals surface area contributed by atoms with E-state index in [2.05, 4.69) is 15.9 Å². The lowest BCUT2D eigenvalue weighted by Crippen LogP contribution is -2.03. The lowest BCUT2D eigenvalue weighted by molar-refractivity contribution is -0.136. The van der Waals surface area contributed by atoms with Gasteiger partial charge in [0.05, 0.1) is 18.1 Å². The molecule has 0 radical (unpaired) electrons. The standard InChI is InChI=1S/C11H10BrNO2/c1-7-2-8(4-11(14)15)10(6-13)3-9(7)5-12/h2-3H,4-5H2,1H3,(H,14,15). The number of carboxylic acids is 1. The van der Waals surface area contributed by atoms with E-state index in [1.54, 1.807) is 12.1 Å². The maximum absolute atomic E-state index is 10.6. The van der Waals surface area contributed by atoms with Crippen molar-refractivity contribution in [1.82, 2.24) is 0 Å². The first-order valence-corrected chi connectivity index (χ1v) is 5.51. The fourth-order valence-electron chi connectivity index (χ4n) is 1.37. The molecule has 0 aliphatic rings. The number of aliphatic carboxylic acids is 1. The molecule has 0 fully saturated rings. The van der Waals surface area contributed by atoms with Crippen molar-refractivity contribution in [3.63, 3.8) is 0 Å². The molecule has 1 aromatic rings. The number of carbonyl (C=O) groups is 1. The Morgan fingerprint density at radius 1 is 1.53 bits per heavy atom. The van der Waals surface area contributed by atoms with Crippen molar-refractivity contribution in [2.75, 3.05) is 0 Å². The summed E-state index contributed by atoms with van der Waals surface area (Å²) < 4.78 is 0. The molecule has 0 bridgehead atoms. The zero-order valence-corrected chi connectivity index (χ0v) is 9.84. The van der Waals surface area contributed by atoms with Gasteiger partial charge in [0, 0.05) is 5.33 Å². The molecule has 0 aliphatic carbocycles. The van der Waals surface area contributed by atoms with Gasteiger partial charge in [0.1, 0.15) is 0 Å². The predicted octanol–water partition coefficient (Wildman–Crippen LogP) is 2.39. The topological polar surface area (TPSA) is 61.1 Å². The molecule has 78 valence electrons. The van der Waals surface area contributed by atoms with Crippen molar-refractivity contribution in [1.29, 1.82) is 5.26 Å². The van der Waals surface area contributed by atoms with Gasteiger partial charge in [-0.05, 0) is 29.7 Å². The van der Waals surface area contributed by atoms with Gasteiger partial charge in [0.15, 0.2) is 0 Å². The molecular formula is C11H10BrNO2. The fourth-order valence-corrected chi connectivity index (χ4v) is 1.97. The van der Waals surface area contributed by atoms with Crippen molar-refractivity contribution < 1.29 is 9.90 Å². The Kier molecular flexibility index (Phi) is 3.87. The van der Waals surface area contributed by atoms with Crippen molar-refractivity contribution in [3.05, 3.63) is 34.4 Å². The zero-order valence-electron chi connectivity index (χ0n) is 8.25. The molecular weight excluding hydrogens is 258 g/mol. The summed E-state index contributed by atoms with van der Waals surface area (Å²) in [6, 6.07) is 5.52. The van der Waals surface area contributed by atoms with E-state index >= 15 is 0 Å². The van der Waals surface area contributed by atoms with Crippen LogP contribution in [0.5, 0.6) is 0 Å². The molecule has 4 heteroatoms. The van der Waals surface area contributed by atoms with Crippen LogP contribution in [0.1, 0.15) is 22.3 Å². The van der Waals surface area contributed by atoms with Crippen LogP contribution in [0.3, 0.4) is 0 Å². The molecule has 0 saturated carbocycles. The van der Waals surface area contributed by atoms with E-state index in [-0.39, 0.29) is 6.42 Å². The van der Waals surface area contributed by atoms with Crippen LogP contribution in [0.4, 0.5) is 0 Å². The van der Waals surface area contributed by atoms with Crippen LogP contribution in [0.15, 0.2) is 12.1 Å². The lowest BCUT2D eigenvalue weighted by Gasteiger charge is -2.07. The number of hydrogen-bond donors (Lipinski definition) is 1. The highest BCUT2D eigenvalue weighted by atomic mass is 79.9. The fraction of sp³-hybridized carbons (Fsp3) is 0.273. The van der Waals surface area contributed by atoms with E-state index in [0.717, 1.165) is 11.1 Å². The Hall–Kier alpha value is -1.34. The molecule has 1 aromatic carbocycles. The number of alkyl halides is 1. The van der Waals surface area contributed by atoms with Crippen LogP contribution in [0.2, 0.25) is 0 Å². The predicted molar refractivity (Wildman–Crippen MR) is 59.9 cm³/mol. The van der Waals surface area contributed by atoms with E-state index in [9.17, 15) is 4.79 Å². The lowest BCUT2D eigenvalue weighted by atomic mass is 9.99. The highest BCUT2D eigenvalue weighted by Gasteiger charge is 2.09. The second kappa shape index (κ2) is 4.94. The van der Waals surface area contributed by atoms with Crippen LogP contribution in [-0.4, -0.2) is 11.1 Å². The molecule has 0 atom stereocenters. The third-order valence-corrected chi connectivity index (χ3v) is 2.77. The largest absolute Gasteiger partial charge is 0.481 e. The molecule has 0 aliphatic heterocycles. The Morgan fingerprint density at radius 3 is 2.67 bits per heavy atom. The molecule has 3 nitrogen and oxygen atoms in total. The quantitative estimate of drug-likeness (QED) is 0.856. The third kappa shape index (κ3) is 2.80. The number of carboxylic acid groups (broad SMARTS) is 1. The Balaban J connectivity index is 3.22. The van der Waals surface area contributed by atoms with Crippen LogP contribution >= 0.6 is 15.9 Å². The van der Waals surface area contributed by atoms with E-state index < -0.39 is 5.97 Å². The number of rotatable bonds is 3. The molecule has 0 aromatic heterocycles. The van der Waals surface area contributed by atoms with Gasteiger partial charge in [-0.2, -0.15) is 5.26 Å². The Morgan fingerprint density at radius 2 is 2.20 bits per heavy atom. The van der Waals surface area contributed by atoms with Crippen molar-refractivity contribution in [2.24, 2.45) is 0 Å². The summed E-state index contributed by atoms with van der Waals surface area (Å²) >= 11 is 3.32. The maximum atomic E-state index is 10.6. The van der Waals surface area contributed by atoms with Crippen LogP contribution in [0.25, 0.3) is 0 Å². The zero-order chi connectivity index (χ0) is 11.4. The molecule has 0 spiro atoms. The van der Waals surface area contributed by atoms with Gasteiger partial charge in [-0.1, -0.05) is 22.0 Å². The number of aryl methyl sites for hydroxylation is 1. The summed E-state index contributed by atoms with van der Waals surface area (Å²) in [7, 11) is 0. The first-order valence-electron chi connectivity index (χ1n) is 4.38. The number of benzene rings is 1. The van der Waals surface area contributed by atoms with E-state index in [1.807, 2.05) is 13.0 Å². The van der Waals surface area contributed by atoms with Gasteiger partial charge in [-0.15, -0.1) is 0 Å². The first kappa shape index (κ1) is 11.7. The minimum atomic E-state index is -0.919. The van der Waals surface area contributed by atoms with Gasteiger partial charge >= 0.3 is 5.97 Å². The summed E-state index contributed by atoms with van der Waals surface area (Å²) in [4.78, 5) is 10.6. The molecule has 1 rings (SSSR count). The second-order valence-corrected chi connectivity index (χ2v) is 3.81. The van der Waals surface area contributed by atoms with E-state index in [0.29, 0.717) is 16.5 Å². The Labute approximate surface area is 96.5 Å². The molecule has 0 amide bonds. The number of halogens is 1. The summed E-state index contributed by atoms with van der Waals surface area (Å²) in [5, 5.41) is 18.2. The van der Waals surface area contributed by atoms with Gasteiger partial charge in [-0.25, -0.2) is 0 Å². The van der Waals surface area contributed by atoms with Gasteiger partial charge < -0.3 is 5.11 Å². The normalized spacial score (nSPS) is 9.67. The highest BCUT2D eigenvalue weighted by Crippen LogP contribution is 2.19. The van der Waals surface area contributed by atoms with Gasteiger partial charge in [-0.3, -0.25) is 4.79 Å². The van der Waals surface area contributed by atoms with E-state index in [4.69, 9.17) is 10.4 Å². The molecule has 1 N–H and O–H groups in total. The minimum absolute atomic E-state index is 0.105. The monoisotopic (exact) mass is 267 g/mol. The Bertz CT molecular complexity index is 435. The summed E-state index contributed by atoms with van der Waals surface area (Å²) in [5.41, 5.74) is 3.03. The molecule has 0 heterocycles. The smallest absolute Gasteiger partial charge is 0.307 e. The minimum Gasteiger partial charge on any atom is -0.481 e. The van der Waals surface area contributed by atoms with Gasteiger partial charge in [0.25, 0.3) is 0 Å². The van der Waals surface area contributed by atoms with Crippen molar-refractivity contribution >= 4 is 21.9 Å². The van der Waals surface area contributed by atoms with Gasteiger partial charge in [0.2, 0.25) is 0 Å². The van der Waals surface area contributed by atoms with Crippen molar-refractivity contribution in [3.8, 4) is 6.07 Å². The van der Waals surface area contributed by atoms with Crippen molar-refractivity contribution in [2.45, 2.75) is 18.7 Å². The summed E-state index contributed by atoms with van der Waals surface area (Å²) in [6.45, 7) is 1.91. The average Bonchev–Trinajstić information content (AvgIpc) is 2.17. The second-order valence-electron chi connectivity index (χ2n) is 3.25. The number of nitriles is 1. The maximum Gasteiger partial charge on any atom is 0.307 e. The molecule has 0 saturated heterocycles. The number of hydrogen-bond acceptors (Lipinski definition) is 2. The van der Waals surface area contributed by atoms with Crippen LogP contribution in [0, 0.1) is 18.3 Å². The van der Waals surface area contributed by atoms with E-state index in [1.165, 1.54) is 0 Å². The highest BCUT2D eigenvalue weighted by molar-refractivity contribution is 9.08. The van der Waals surface area contributed by atoms with Crippen LogP contribution in [-0.2, 0) is 16.5 Å². The summed E-state index contributed by atoms with van der Waals surface area (Å²) in [5.74, 6) is -0.919.